The average molecular weight is 441 g/mol. The zero-order valence-corrected chi connectivity index (χ0v) is 23.9. The van der Waals surface area contributed by atoms with Gasteiger partial charge < -0.3 is 13.6 Å². The lowest BCUT2D eigenvalue weighted by molar-refractivity contribution is -0.0149. The van der Waals surface area contributed by atoms with Crippen LogP contribution in [0.25, 0.3) is 0 Å². The first-order valence-electron chi connectivity index (χ1n) is 12.3. The summed E-state index contributed by atoms with van der Waals surface area (Å²) in [6, 6.07) is 0.349. The molecule has 0 N–H and O–H groups in total. The molecule has 0 spiro atoms. The molecular weight excluding hydrogens is 389 g/mol. The van der Waals surface area contributed by atoms with Crippen molar-refractivity contribution >= 4 is 24.2 Å². The average Bonchev–Trinajstić information content (AvgIpc) is 2.94. The monoisotopic (exact) mass is 440 g/mol. The Kier molecular flexibility index (Phi) is 10.2. The van der Waals surface area contributed by atoms with Crippen molar-refractivity contribution in [3.63, 3.8) is 0 Å². The van der Waals surface area contributed by atoms with E-state index >= 15 is 0 Å². The third-order valence-corrected chi connectivity index (χ3v) is 20.7. The summed E-state index contributed by atoms with van der Waals surface area (Å²) in [6.07, 6.45) is 2.19. The Bertz CT molecular complexity index is 454. The van der Waals surface area contributed by atoms with Gasteiger partial charge in [-0.1, -0.05) is 96.4 Å². The fourth-order valence-corrected chi connectivity index (χ4v) is 19.3. The van der Waals surface area contributed by atoms with Crippen LogP contribution in [0.15, 0.2) is 0 Å². The van der Waals surface area contributed by atoms with Gasteiger partial charge in [0.05, 0.1) is 0 Å². The van der Waals surface area contributed by atoms with E-state index in [1.165, 1.54) is 0 Å². The van der Waals surface area contributed by atoms with Crippen molar-refractivity contribution in [1.29, 1.82) is 0 Å². The number of hydrogen-bond donors (Lipinski definition) is 0. The van der Waals surface area contributed by atoms with Crippen molar-refractivity contribution in [1.82, 2.24) is 4.48 Å². The highest BCUT2D eigenvalue weighted by Crippen LogP contribution is 2.49. The van der Waals surface area contributed by atoms with Gasteiger partial charge in [-0.15, -0.1) is 0 Å². The summed E-state index contributed by atoms with van der Waals surface area (Å²) in [7, 11) is -1.69. The Morgan fingerprint density at radius 2 is 1.17 bits per heavy atom. The van der Waals surface area contributed by atoms with Gasteiger partial charge in [-0.25, -0.2) is 0 Å². The summed E-state index contributed by atoms with van der Waals surface area (Å²) in [4.78, 5) is 0. The third-order valence-electron chi connectivity index (χ3n) is 7.81. The Balaban J connectivity index is 3.40. The van der Waals surface area contributed by atoms with Gasteiger partial charge in [-0.05, 0) is 39.7 Å². The van der Waals surface area contributed by atoms with Crippen molar-refractivity contribution in [3.8, 4) is 0 Å². The van der Waals surface area contributed by atoms with Gasteiger partial charge in [0.1, 0.15) is 14.5 Å². The lowest BCUT2D eigenvalue weighted by Gasteiger charge is -2.52. The molecule has 0 saturated carbocycles. The highest BCUT2D eigenvalue weighted by atomic mass is 28.4. The van der Waals surface area contributed by atoms with Crippen LogP contribution in [0, 0.1) is 0 Å². The van der Waals surface area contributed by atoms with Crippen molar-refractivity contribution < 1.29 is 9.08 Å². The van der Waals surface area contributed by atoms with E-state index in [0.29, 0.717) is 39.3 Å². The summed E-state index contributed by atoms with van der Waals surface area (Å²) in [5.74, 6) is 0. The number of hydrogen-bond acceptors (Lipinski definition) is 3. The summed E-state index contributed by atoms with van der Waals surface area (Å²) in [5, 5.41) is 0. The highest BCUT2D eigenvalue weighted by Gasteiger charge is 2.57. The second-order valence-corrected chi connectivity index (χ2v) is 22.3. The molecule has 0 aromatic carbocycles. The number of rotatable bonds is 11. The van der Waals surface area contributed by atoms with Crippen LogP contribution in [0.3, 0.4) is 0 Å². The van der Waals surface area contributed by atoms with Crippen molar-refractivity contribution in [2.45, 2.75) is 148 Å². The second kappa shape index (κ2) is 10.8. The quantitative estimate of drug-likeness (QED) is 0.307. The van der Waals surface area contributed by atoms with E-state index < -0.39 is 16.6 Å². The molecule has 6 heteroatoms. The van der Waals surface area contributed by atoms with E-state index in [4.69, 9.17) is 9.08 Å². The molecule has 171 valence electrons. The Morgan fingerprint density at radius 3 is 1.48 bits per heavy atom. The molecule has 1 aliphatic rings. The molecule has 3 nitrogen and oxygen atoms in total. The lowest BCUT2D eigenvalue weighted by Crippen LogP contribution is -2.64. The van der Waals surface area contributed by atoms with Crippen LogP contribution in [0.2, 0.25) is 33.2 Å². The van der Waals surface area contributed by atoms with Gasteiger partial charge in [0.25, 0.3) is 0 Å². The van der Waals surface area contributed by atoms with Gasteiger partial charge >= 0.3 is 7.62 Å². The van der Waals surface area contributed by atoms with Crippen molar-refractivity contribution in [2.75, 3.05) is 0 Å². The van der Waals surface area contributed by atoms with Crippen LogP contribution < -0.4 is 0 Å². The van der Waals surface area contributed by atoms with E-state index in [0.717, 1.165) is 12.8 Å². The summed E-state index contributed by atoms with van der Waals surface area (Å²) in [5.41, 5.74) is 3.73. The fraction of sp³-hybridized carbons (Fsp3) is 1.00. The second-order valence-electron chi connectivity index (χ2n) is 11.2. The maximum absolute atomic E-state index is 7.18. The maximum atomic E-state index is 7.18. The molecule has 29 heavy (non-hydrogen) atoms. The molecule has 0 amide bonds. The van der Waals surface area contributed by atoms with E-state index in [9.17, 15) is 0 Å². The zero-order valence-electron chi connectivity index (χ0n) is 21.9. The molecule has 1 aliphatic heterocycles. The predicted molar refractivity (Wildman–Crippen MR) is 134 cm³/mol. The molecule has 0 bridgehead atoms. The van der Waals surface area contributed by atoms with E-state index in [-0.39, 0.29) is 6.29 Å². The van der Waals surface area contributed by atoms with Crippen LogP contribution in [-0.2, 0) is 9.08 Å². The van der Waals surface area contributed by atoms with Crippen LogP contribution in [0.1, 0.15) is 103 Å². The SMILES string of the molecule is CCC[C@H]1C(O[Si](C(C)C)(C(C)C)C(C)C)O[B]N1[Si](C(C)C)(C(C)C)C(C)C. The van der Waals surface area contributed by atoms with Gasteiger partial charge in [0.15, 0.2) is 0 Å². The molecular formula is C23H51BNO2Si2. The smallest absolute Gasteiger partial charge is 0.393 e. The maximum Gasteiger partial charge on any atom is 0.393 e. The van der Waals surface area contributed by atoms with Crippen LogP contribution in [-0.4, -0.2) is 41.0 Å². The minimum absolute atomic E-state index is 0.114. The first kappa shape index (κ1) is 27.4. The lowest BCUT2D eigenvalue weighted by atomic mass is 10.1. The Hall–Kier alpha value is 0.379. The van der Waals surface area contributed by atoms with E-state index in [1.807, 2.05) is 0 Å². The predicted octanol–water partition coefficient (Wildman–Crippen LogP) is 7.72. The Morgan fingerprint density at radius 1 is 0.759 bits per heavy atom. The first-order valence-corrected chi connectivity index (χ1v) is 16.6. The topological polar surface area (TPSA) is 21.7 Å². The molecule has 1 rings (SSSR count). The van der Waals surface area contributed by atoms with Crippen LogP contribution >= 0.6 is 0 Å². The summed E-state index contributed by atoms with van der Waals surface area (Å²) in [6.45, 7) is 31.1. The van der Waals surface area contributed by atoms with Gasteiger partial charge in [-0.2, -0.15) is 0 Å². The minimum Gasteiger partial charge on any atom is -0.399 e. The zero-order chi connectivity index (χ0) is 22.7. The molecule has 1 heterocycles. The van der Waals surface area contributed by atoms with E-state index in [1.54, 1.807) is 0 Å². The molecule has 0 aromatic rings. The van der Waals surface area contributed by atoms with E-state index in [2.05, 4.69) is 102 Å². The van der Waals surface area contributed by atoms with Gasteiger partial charge in [-0.3, -0.25) is 0 Å². The van der Waals surface area contributed by atoms with Crippen molar-refractivity contribution in [2.24, 2.45) is 0 Å². The summed E-state index contributed by atoms with van der Waals surface area (Å²) < 4.78 is 16.3. The highest BCUT2D eigenvalue weighted by molar-refractivity contribution is 6.85. The standard InChI is InChI=1S/C23H51BNO2Si2/c1-14-15-22-23(27-29(19(8)9,20(10)11)21(12)13)26-24-25(22)28(16(2)3,17(4)5)18(6)7/h16-23H,14-15H2,1-13H3/t22-,23?/m0/s1. The third kappa shape index (κ3) is 4.92. The summed E-state index contributed by atoms with van der Waals surface area (Å²) >= 11 is 0. The number of nitrogens with zero attached hydrogens (tertiary/aromatic N) is 1. The largest absolute Gasteiger partial charge is 0.399 e. The fourth-order valence-electron chi connectivity index (χ4n) is 6.99. The van der Waals surface area contributed by atoms with Gasteiger partial charge in [0.2, 0.25) is 8.32 Å². The minimum atomic E-state index is -1.99. The molecule has 1 radical (unpaired) electrons. The normalized spacial score (nSPS) is 22.2. The molecule has 1 unspecified atom stereocenters. The van der Waals surface area contributed by atoms with Crippen LogP contribution in [0.5, 0.6) is 0 Å². The molecule has 1 fully saturated rings. The van der Waals surface area contributed by atoms with Gasteiger partial charge in [0, 0.05) is 6.04 Å². The molecule has 2 atom stereocenters. The molecule has 0 aromatic heterocycles. The van der Waals surface area contributed by atoms with Crippen LogP contribution in [0.4, 0.5) is 0 Å². The first-order chi connectivity index (χ1) is 13.3. The molecule has 1 saturated heterocycles. The Labute approximate surface area is 186 Å². The molecule has 0 aliphatic carbocycles. The van der Waals surface area contributed by atoms with Crippen molar-refractivity contribution in [3.05, 3.63) is 0 Å².